The van der Waals surface area contributed by atoms with Crippen molar-refractivity contribution in [3.8, 4) is 0 Å². The third-order valence-electron chi connectivity index (χ3n) is 3.47. The third kappa shape index (κ3) is 4.83. The second-order valence-electron chi connectivity index (χ2n) is 5.27. The second kappa shape index (κ2) is 7.92. The van der Waals surface area contributed by atoms with Crippen LogP contribution in [0.1, 0.15) is 11.3 Å². The van der Waals surface area contributed by atoms with Gasteiger partial charge < -0.3 is 10.6 Å². The van der Waals surface area contributed by atoms with Crippen LogP contribution in [0.4, 0.5) is 0 Å². The molecule has 0 saturated heterocycles. The van der Waals surface area contributed by atoms with Gasteiger partial charge in [-0.05, 0) is 24.1 Å². The van der Waals surface area contributed by atoms with Crippen molar-refractivity contribution in [2.75, 3.05) is 13.6 Å². The van der Waals surface area contributed by atoms with E-state index in [2.05, 4.69) is 4.98 Å². The number of nitrogens with two attached hydrogens (primary N) is 1. The smallest absolute Gasteiger partial charge is 0.239 e. The fourth-order valence-electron chi connectivity index (χ4n) is 2.22. The molecular weight excluding hydrogens is 298 g/mol. The number of benzene rings is 1. The van der Waals surface area contributed by atoms with Gasteiger partial charge in [0.15, 0.2) is 0 Å². The molecule has 1 aromatic carbocycles. The Morgan fingerprint density at radius 1 is 1.32 bits per heavy atom. The Morgan fingerprint density at radius 2 is 2.05 bits per heavy atom. The number of amides is 1. The van der Waals surface area contributed by atoms with Crippen molar-refractivity contribution in [3.05, 3.63) is 64.9 Å². The third-order valence-corrected chi connectivity index (χ3v) is 3.71. The average Bonchev–Trinajstić information content (AvgIpc) is 2.53. The Bertz CT molecular complexity index is 618. The SMILES string of the molecule is CN(CCc1cc(Cl)ccn1)C(=O)[C@@H](N)Cc1ccccc1. The van der Waals surface area contributed by atoms with E-state index < -0.39 is 6.04 Å². The van der Waals surface area contributed by atoms with E-state index >= 15 is 0 Å². The van der Waals surface area contributed by atoms with Crippen LogP contribution in [-0.2, 0) is 17.6 Å². The number of rotatable bonds is 6. The zero-order chi connectivity index (χ0) is 15.9. The maximum atomic E-state index is 12.3. The molecule has 0 aliphatic carbocycles. The molecule has 0 aliphatic rings. The van der Waals surface area contributed by atoms with Crippen molar-refractivity contribution in [2.24, 2.45) is 5.73 Å². The molecule has 5 heteroatoms. The first-order valence-corrected chi connectivity index (χ1v) is 7.59. The number of aromatic nitrogens is 1. The van der Waals surface area contributed by atoms with E-state index in [0.29, 0.717) is 24.4 Å². The highest BCUT2D eigenvalue weighted by molar-refractivity contribution is 6.30. The van der Waals surface area contributed by atoms with Crippen LogP contribution in [-0.4, -0.2) is 35.4 Å². The number of hydrogen-bond donors (Lipinski definition) is 1. The van der Waals surface area contributed by atoms with E-state index in [0.717, 1.165) is 11.3 Å². The van der Waals surface area contributed by atoms with E-state index in [1.165, 1.54) is 0 Å². The molecule has 2 rings (SSSR count). The summed E-state index contributed by atoms with van der Waals surface area (Å²) >= 11 is 5.92. The van der Waals surface area contributed by atoms with Crippen LogP contribution in [0.25, 0.3) is 0 Å². The van der Waals surface area contributed by atoms with E-state index in [9.17, 15) is 4.79 Å². The van der Waals surface area contributed by atoms with Crippen LogP contribution in [0, 0.1) is 0 Å². The van der Waals surface area contributed by atoms with Crippen molar-refractivity contribution in [3.63, 3.8) is 0 Å². The number of carbonyl (C=O) groups excluding carboxylic acids is 1. The minimum Gasteiger partial charge on any atom is -0.344 e. The minimum atomic E-state index is -0.528. The summed E-state index contributed by atoms with van der Waals surface area (Å²) < 4.78 is 0. The summed E-state index contributed by atoms with van der Waals surface area (Å²) in [5.41, 5.74) is 7.94. The van der Waals surface area contributed by atoms with Gasteiger partial charge in [0.1, 0.15) is 0 Å². The maximum Gasteiger partial charge on any atom is 0.239 e. The molecule has 2 aromatic rings. The number of likely N-dealkylation sites (N-methyl/N-ethyl adjacent to an activating group) is 1. The van der Waals surface area contributed by atoms with Crippen LogP contribution in [0.2, 0.25) is 5.02 Å². The summed E-state index contributed by atoms with van der Waals surface area (Å²) in [7, 11) is 1.76. The van der Waals surface area contributed by atoms with Gasteiger partial charge >= 0.3 is 0 Å². The molecule has 0 spiro atoms. The van der Waals surface area contributed by atoms with Crippen molar-refractivity contribution >= 4 is 17.5 Å². The summed E-state index contributed by atoms with van der Waals surface area (Å²) in [6, 6.07) is 12.8. The standard InChI is InChI=1S/C17H20ClN3O/c1-21(10-8-15-12-14(18)7-9-20-15)17(22)16(19)11-13-5-3-2-4-6-13/h2-7,9,12,16H,8,10-11,19H2,1H3/t16-/m0/s1. The van der Waals surface area contributed by atoms with Crippen molar-refractivity contribution in [2.45, 2.75) is 18.9 Å². The Labute approximate surface area is 135 Å². The van der Waals surface area contributed by atoms with Gasteiger partial charge in [-0.1, -0.05) is 41.9 Å². The highest BCUT2D eigenvalue weighted by Gasteiger charge is 2.18. The van der Waals surface area contributed by atoms with Gasteiger partial charge in [-0.25, -0.2) is 0 Å². The molecule has 1 atom stereocenters. The average molecular weight is 318 g/mol. The van der Waals surface area contributed by atoms with Gasteiger partial charge in [0, 0.05) is 36.9 Å². The lowest BCUT2D eigenvalue weighted by Gasteiger charge is -2.21. The first-order valence-electron chi connectivity index (χ1n) is 7.21. The zero-order valence-electron chi connectivity index (χ0n) is 12.6. The predicted octanol–water partition coefficient (Wildman–Crippen LogP) is 2.31. The molecule has 0 radical (unpaired) electrons. The molecule has 1 amide bonds. The first kappa shape index (κ1) is 16.5. The summed E-state index contributed by atoms with van der Waals surface area (Å²) in [6.07, 6.45) is 2.86. The molecule has 116 valence electrons. The lowest BCUT2D eigenvalue weighted by molar-refractivity contribution is -0.131. The largest absolute Gasteiger partial charge is 0.344 e. The molecule has 0 unspecified atom stereocenters. The fraction of sp³-hybridized carbons (Fsp3) is 0.294. The summed E-state index contributed by atoms with van der Waals surface area (Å²) in [6.45, 7) is 0.564. The van der Waals surface area contributed by atoms with Crippen LogP contribution >= 0.6 is 11.6 Å². The monoisotopic (exact) mass is 317 g/mol. The number of nitrogens with zero attached hydrogens (tertiary/aromatic N) is 2. The molecule has 1 heterocycles. The van der Waals surface area contributed by atoms with E-state index in [4.69, 9.17) is 17.3 Å². The normalized spacial score (nSPS) is 12.0. The highest BCUT2D eigenvalue weighted by atomic mass is 35.5. The molecule has 0 bridgehead atoms. The quantitative estimate of drug-likeness (QED) is 0.889. The molecular formula is C17H20ClN3O. The molecule has 4 nitrogen and oxygen atoms in total. The number of halogens is 1. The lowest BCUT2D eigenvalue weighted by Crippen LogP contribution is -2.43. The van der Waals surface area contributed by atoms with Gasteiger partial charge in [-0.15, -0.1) is 0 Å². The molecule has 2 N–H and O–H groups in total. The minimum absolute atomic E-state index is 0.0640. The summed E-state index contributed by atoms with van der Waals surface area (Å²) in [5.74, 6) is -0.0640. The van der Waals surface area contributed by atoms with Crippen LogP contribution in [0.5, 0.6) is 0 Å². The topological polar surface area (TPSA) is 59.2 Å². The van der Waals surface area contributed by atoms with Gasteiger partial charge in [-0.3, -0.25) is 9.78 Å². The van der Waals surface area contributed by atoms with Crippen molar-refractivity contribution in [1.82, 2.24) is 9.88 Å². The molecule has 0 saturated carbocycles. The van der Waals surface area contributed by atoms with Crippen LogP contribution < -0.4 is 5.73 Å². The summed E-state index contributed by atoms with van der Waals surface area (Å²) in [5, 5.41) is 0.653. The van der Waals surface area contributed by atoms with Gasteiger partial charge in [0.05, 0.1) is 6.04 Å². The predicted molar refractivity (Wildman–Crippen MR) is 88.7 cm³/mol. The Balaban J connectivity index is 1.86. The fourth-order valence-corrected chi connectivity index (χ4v) is 2.40. The lowest BCUT2D eigenvalue weighted by atomic mass is 10.1. The van der Waals surface area contributed by atoms with Crippen LogP contribution in [0.3, 0.4) is 0 Å². The highest BCUT2D eigenvalue weighted by Crippen LogP contribution is 2.09. The van der Waals surface area contributed by atoms with Gasteiger partial charge in [0.2, 0.25) is 5.91 Å². The van der Waals surface area contributed by atoms with Crippen LogP contribution in [0.15, 0.2) is 48.7 Å². The first-order chi connectivity index (χ1) is 10.6. The van der Waals surface area contributed by atoms with E-state index in [1.54, 1.807) is 24.2 Å². The molecule has 0 fully saturated rings. The van der Waals surface area contributed by atoms with Gasteiger partial charge in [-0.2, -0.15) is 0 Å². The Morgan fingerprint density at radius 3 is 2.73 bits per heavy atom. The maximum absolute atomic E-state index is 12.3. The number of carbonyl (C=O) groups is 1. The summed E-state index contributed by atoms with van der Waals surface area (Å²) in [4.78, 5) is 18.2. The van der Waals surface area contributed by atoms with Gasteiger partial charge in [0.25, 0.3) is 0 Å². The Kier molecular flexibility index (Phi) is 5.92. The molecule has 22 heavy (non-hydrogen) atoms. The number of hydrogen-bond acceptors (Lipinski definition) is 3. The number of pyridine rings is 1. The molecule has 1 aromatic heterocycles. The van der Waals surface area contributed by atoms with E-state index in [-0.39, 0.29) is 5.91 Å². The second-order valence-corrected chi connectivity index (χ2v) is 5.71. The van der Waals surface area contributed by atoms with E-state index in [1.807, 2.05) is 36.4 Å². The molecule has 0 aliphatic heterocycles. The Hall–Kier alpha value is -1.91. The van der Waals surface area contributed by atoms with Crippen molar-refractivity contribution < 1.29 is 4.79 Å². The van der Waals surface area contributed by atoms with Crippen molar-refractivity contribution in [1.29, 1.82) is 0 Å². The zero-order valence-corrected chi connectivity index (χ0v) is 13.3.